The lowest BCUT2D eigenvalue weighted by Crippen LogP contribution is -2.18. The van der Waals surface area contributed by atoms with E-state index in [1.54, 1.807) is 10.9 Å². The number of hydrogen-bond acceptors (Lipinski definition) is 5. The van der Waals surface area contributed by atoms with Crippen molar-refractivity contribution in [3.05, 3.63) is 41.7 Å². The van der Waals surface area contributed by atoms with Crippen molar-refractivity contribution in [1.29, 1.82) is 5.26 Å². The van der Waals surface area contributed by atoms with Gasteiger partial charge in [-0.3, -0.25) is 4.79 Å². The van der Waals surface area contributed by atoms with Gasteiger partial charge in [-0.25, -0.2) is 9.97 Å². The second-order valence-corrected chi connectivity index (χ2v) is 5.08. The molecule has 0 aliphatic rings. The summed E-state index contributed by atoms with van der Waals surface area (Å²) in [6.07, 6.45) is 3.07. The maximum atomic E-state index is 11.9. The number of fused-ring (bicyclic) bond motifs is 1. The van der Waals surface area contributed by atoms with Gasteiger partial charge < -0.3 is 9.88 Å². The van der Waals surface area contributed by atoms with E-state index in [-0.39, 0.29) is 12.5 Å². The van der Waals surface area contributed by atoms with Gasteiger partial charge in [0.25, 0.3) is 0 Å². The number of hydrogen-bond donors (Lipinski definition) is 1. The first kappa shape index (κ1) is 12.3. The van der Waals surface area contributed by atoms with Gasteiger partial charge in [-0.2, -0.15) is 5.26 Å². The zero-order valence-electron chi connectivity index (χ0n) is 10.3. The highest BCUT2D eigenvalue weighted by Crippen LogP contribution is 2.17. The highest BCUT2D eigenvalue weighted by molar-refractivity contribution is 7.16. The number of nitriles is 1. The second-order valence-electron chi connectivity index (χ2n) is 4.05. The maximum absolute atomic E-state index is 11.9. The number of anilines is 1. The van der Waals surface area contributed by atoms with E-state index >= 15 is 0 Å². The van der Waals surface area contributed by atoms with Crippen molar-refractivity contribution >= 4 is 33.4 Å². The molecule has 0 atom stereocenters. The minimum absolute atomic E-state index is 0.155. The van der Waals surface area contributed by atoms with Crippen LogP contribution in [0.1, 0.15) is 4.88 Å². The molecule has 0 radical (unpaired) electrons. The van der Waals surface area contributed by atoms with Gasteiger partial charge in [-0.05, 0) is 12.1 Å². The van der Waals surface area contributed by atoms with E-state index in [0.717, 1.165) is 22.4 Å². The Bertz CT molecular complexity index is 813. The number of para-hydroxylation sites is 2. The summed E-state index contributed by atoms with van der Waals surface area (Å²) in [5, 5.41) is 11.8. The maximum Gasteiger partial charge on any atom is 0.246 e. The van der Waals surface area contributed by atoms with Crippen LogP contribution in [0.5, 0.6) is 0 Å². The normalized spacial score (nSPS) is 10.3. The van der Waals surface area contributed by atoms with E-state index in [0.29, 0.717) is 10.0 Å². The molecule has 0 unspecified atom stereocenters. The van der Waals surface area contributed by atoms with E-state index in [9.17, 15) is 4.79 Å². The van der Waals surface area contributed by atoms with E-state index in [1.165, 1.54) is 6.20 Å². The Hall–Kier alpha value is -2.72. The molecule has 20 heavy (non-hydrogen) atoms. The smallest absolute Gasteiger partial charge is 0.246 e. The Morgan fingerprint density at radius 3 is 3.05 bits per heavy atom. The van der Waals surface area contributed by atoms with Crippen LogP contribution in [0.25, 0.3) is 11.0 Å². The van der Waals surface area contributed by atoms with E-state index in [1.807, 2.05) is 30.3 Å². The summed E-state index contributed by atoms with van der Waals surface area (Å²) >= 11 is 1.15. The number of aromatic nitrogens is 3. The molecule has 0 saturated heterocycles. The number of imidazole rings is 1. The summed E-state index contributed by atoms with van der Waals surface area (Å²) < 4.78 is 1.77. The first-order chi connectivity index (χ1) is 9.76. The number of rotatable bonds is 3. The van der Waals surface area contributed by atoms with Crippen molar-refractivity contribution in [2.45, 2.75) is 6.54 Å². The summed E-state index contributed by atoms with van der Waals surface area (Å²) in [5.41, 5.74) is 1.75. The standard InChI is InChI=1S/C13H9N5OS/c14-5-9-6-15-13(20-9)17-12(19)7-18-8-16-10-3-1-2-4-11(10)18/h1-4,6,8H,7H2,(H,15,17,19). The lowest BCUT2D eigenvalue weighted by Gasteiger charge is -2.03. The van der Waals surface area contributed by atoms with Crippen LogP contribution in [0, 0.1) is 11.3 Å². The van der Waals surface area contributed by atoms with Gasteiger partial charge >= 0.3 is 0 Å². The molecule has 2 heterocycles. The molecule has 7 heteroatoms. The van der Waals surface area contributed by atoms with Crippen LogP contribution in [-0.4, -0.2) is 20.4 Å². The van der Waals surface area contributed by atoms with Gasteiger partial charge in [0.1, 0.15) is 17.5 Å². The fraction of sp³-hybridized carbons (Fsp3) is 0.0769. The van der Waals surface area contributed by atoms with Gasteiger partial charge in [-0.15, -0.1) is 0 Å². The number of benzene rings is 1. The van der Waals surface area contributed by atoms with Crippen molar-refractivity contribution in [3.8, 4) is 6.07 Å². The average molecular weight is 283 g/mol. The predicted octanol–water partition coefficient (Wildman–Crippen LogP) is 2.00. The number of nitrogens with one attached hydrogen (secondary N) is 1. The molecule has 98 valence electrons. The number of amides is 1. The topological polar surface area (TPSA) is 83.6 Å². The fourth-order valence-electron chi connectivity index (χ4n) is 1.83. The SMILES string of the molecule is N#Cc1cnc(NC(=O)Cn2cnc3ccccc32)s1. The molecular formula is C13H9N5OS. The van der Waals surface area contributed by atoms with Crippen LogP contribution in [0.15, 0.2) is 36.8 Å². The minimum atomic E-state index is -0.202. The van der Waals surface area contributed by atoms with Crippen molar-refractivity contribution in [3.63, 3.8) is 0 Å². The summed E-state index contributed by atoms with van der Waals surface area (Å²) in [6.45, 7) is 0.155. The van der Waals surface area contributed by atoms with Gasteiger partial charge in [0, 0.05) is 0 Å². The van der Waals surface area contributed by atoms with Crippen LogP contribution in [0.4, 0.5) is 5.13 Å². The zero-order valence-corrected chi connectivity index (χ0v) is 11.1. The Morgan fingerprint density at radius 1 is 1.40 bits per heavy atom. The first-order valence-electron chi connectivity index (χ1n) is 5.82. The second kappa shape index (κ2) is 5.11. The molecule has 3 rings (SSSR count). The number of carbonyl (C=O) groups excluding carboxylic acids is 1. The first-order valence-corrected chi connectivity index (χ1v) is 6.63. The Balaban J connectivity index is 1.74. The zero-order chi connectivity index (χ0) is 13.9. The molecule has 0 aliphatic carbocycles. The Morgan fingerprint density at radius 2 is 2.25 bits per heavy atom. The van der Waals surface area contributed by atoms with Crippen molar-refractivity contribution in [2.24, 2.45) is 0 Å². The van der Waals surface area contributed by atoms with E-state index < -0.39 is 0 Å². The minimum Gasteiger partial charge on any atom is -0.321 e. The number of carbonyl (C=O) groups is 1. The molecule has 0 saturated carbocycles. The third-order valence-corrected chi connectivity index (χ3v) is 3.52. The lowest BCUT2D eigenvalue weighted by molar-refractivity contribution is -0.116. The van der Waals surface area contributed by atoms with Crippen LogP contribution in [0.3, 0.4) is 0 Å². The molecule has 2 aromatic heterocycles. The third kappa shape index (κ3) is 2.37. The molecule has 0 bridgehead atoms. The summed E-state index contributed by atoms with van der Waals surface area (Å²) in [6, 6.07) is 9.58. The molecule has 3 aromatic rings. The van der Waals surface area contributed by atoms with Crippen molar-refractivity contribution in [2.75, 3.05) is 5.32 Å². The molecule has 0 aliphatic heterocycles. The Labute approximate surface area is 118 Å². The van der Waals surface area contributed by atoms with Crippen LogP contribution >= 0.6 is 11.3 Å². The quantitative estimate of drug-likeness (QED) is 0.797. The lowest BCUT2D eigenvalue weighted by atomic mass is 10.3. The molecule has 1 N–H and O–H groups in total. The van der Waals surface area contributed by atoms with Crippen LogP contribution < -0.4 is 5.32 Å². The Kier molecular flexibility index (Phi) is 3.15. The predicted molar refractivity (Wildman–Crippen MR) is 75.2 cm³/mol. The number of nitrogens with zero attached hydrogens (tertiary/aromatic N) is 4. The summed E-state index contributed by atoms with van der Waals surface area (Å²) in [4.78, 5) is 20.6. The molecule has 1 amide bonds. The largest absolute Gasteiger partial charge is 0.321 e. The molecule has 1 aromatic carbocycles. The third-order valence-electron chi connectivity index (χ3n) is 2.70. The van der Waals surface area contributed by atoms with Gasteiger partial charge in [0.15, 0.2) is 5.13 Å². The van der Waals surface area contributed by atoms with E-state index in [4.69, 9.17) is 5.26 Å². The van der Waals surface area contributed by atoms with Crippen LogP contribution in [-0.2, 0) is 11.3 Å². The van der Waals surface area contributed by atoms with E-state index in [2.05, 4.69) is 15.3 Å². The van der Waals surface area contributed by atoms with Crippen molar-refractivity contribution < 1.29 is 4.79 Å². The molecule has 0 fully saturated rings. The average Bonchev–Trinajstić information content (AvgIpc) is 3.06. The molecular weight excluding hydrogens is 274 g/mol. The van der Waals surface area contributed by atoms with Gasteiger partial charge in [-0.1, -0.05) is 23.5 Å². The highest BCUT2D eigenvalue weighted by Gasteiger charge is 2.09. The monoisotopic (exact) mass is 283 g/mol. The van der Waals surface area contributed by atoms with Crippen molar-refractivity contribution in [1.82, 2.24) is 14.5 Å². The number of thiazole rings is 1. The highest BCUT2D eigenvalue weighted by atomic mass is 32.1. The van der Waals surface area contributed by atoms with Gasteiger partial charge in [0.2, 0.25) is 5.91 Å². The summed E-state index contributed by atoms with van der Waals surface area (Å²) in [5.74, 6) is -0.202. The van der Waals surface area contributed by atoms with Crippen LogP contribution in [0.2, 0.25) is 0 Å². The molecule has 6 nitrogen and oxygen atoms in total. The molecule has 0 spiro atoms. The summed E-state index contributed by atoms with van der Waals surface area (Å²) in [7, 11) is 0. The fourth-order valence-corrected chi connectivity index (χ4v) is 2.46. The van der Waals surface area contributed by atoms with Gasteiger partial charge in [0.05, 0.1) is 23.6 Å².